The van der Waals surface area contributed by atoms with E-state index in [4.69, 9.17) is 4.74 Å². The number of imidazole rings is 1. The van der Waals surface area contributed by atoms with Gasteiger partial charge in [0, 0.05) is 31.8 Å². The molecule has 0 unspecified atom stereocenters. The van der Waals surface area contributed by atoms with Crippen LogP contribution in [0.4, 0.5) is 9.18 Å². The number of hydrogen-bond donors (Lipinski definition) is 2. The Hall–Kier alpha value is -3.14. The number of piperidine rings is 2. The Morgan fingerprint density at radius 3 is 2.64 bits per heavy atom. The highest BCUT2D eigenvalue weighted by Crippen LogP contribution is 2.26. The second-order valence-corrected chi connectivity index (χ2v) is 8.73. The number of halogens is 1. The van der Waals surface area contributed by atoms with Gasteiger partial charge in [-0.1, -0.05) is 6.42 Å². The molecule has 4 heterocycles. The Balaban J connectivity index is 1.28. The molecule has 2 aromatic heterocycles. The first-order valence-corrected chi connectivity index (χ1v) is 11.8. The number of aromatic amines is 1. The first kappa shape index (κ1) is 21.7. The van der Waals surface area contributed by atoms with Gasteiger partial charge in [-0.2, -0.15) is 9.89 Å². The summed E-state index contributed by atoms with van der Waals surface area (Å²) in [5, 5.41) is 4.21. The van der Waals surface area contributed by atoms with E-state index in [-0.39, 0.29) is 11.8 Å². The lowest BCUT2D eigenvalue weighted by Gasteiger charge is -2.26. The summed E-state index contributed by atoms with van der Waals surface area (Å²) in [4.78, 5) is 25.8. The molecule has 0 radical (unpaired) electrons. The Bertz CT molecular complexity index is 1100. The lowest BCUT2D eigenvalue weighted by atomic mass is 10.1. The molecule has 176 valence electrons. The molecule has 0 saturated carbocycles. The number of ether oxygens (including phenoxy) is 1. The number of likely N-dealkylation sites (tertiary alicyclic amines) is 2. The molecule has 9 nitrogen and oxygen atoms in total. The second-order valence-electron chi connectivity index (χ2n) is 8.73. The maximum absolute atomic E-state index is 14.6. The van der Waals surface area contributed by atoms with Gasteiger partial charge < -0.3 is 14.6 Å². The average Bonchev–Trinajstić information content (AvgIpc) is 3.46. The molecule has 2 aliphatic heterocycles. The van der Waals surface area contributed by atoms with E-state index in [1.165, 1.54) is 30.1 Å². The number of carbonyl (C=O) groups is 1. The molecular weight excluding hydrogens is 425 g/mol. The molecule has 2 N–H and O–H groups in total. The monoisotopic (exact) mass is 455 g/mol. The minimum atomic E-state index is -0.428. The normalized spacial score (nSPS) is 17.4. The smallest absolute Gasteiger partial charge is 0.337 e. The molecule has 2 fully saturated rings. The van der Waals surface area contributed by atoms with Crippen molar-refractivity contribution >= 4 is 17.1 Å². The number of hydrogen-bond acceptors (Lipinski definition) is 5. The van der Waals surface area contributed by atoms with Crippen LogP contribution >= 0.6 is 0 Å². The Morgan fingerprint density at radius 1 is 1.09 bits per heavy atom. The van der Waals surface area contributed by atoms with Gasteiger partial charge in [-0.3, -0.25) is 4.90 Å². The number of rotatable bonds is 6. The van der Waals surface area contributed by atoms with Crippen LogP contribution in [-0.2, 0) is 0 Å². The number of nitrogens with zero attached hydrogens (tertiary/aromatic N) is 5. The highest BCUT2D eigenvalue weighted by atomic mass is 19.1. The molecule has 3 aromatic rings. The number of benzene rings is 1. The van der Waals surface area contributed by atoms with E-state index >= 15 is 0 Å². The maximum atomic E-state index is 14.6. The number of nitrogens with one attached hydrogen (secondary N) is 2. The van der Waals surface area contributed by atoms with Crippen LogP contribution in [0.1, 0.15) is 38.5 Å². The molecule has 2 saturated heterocycles. The van der Waals surface area contributed by atoms with E-state index < -0.39 is 5.82 Å². The van der Waals surface area contributed by atoms with Crippen LogP contribution in [0, 0.1) is 5.82 Å². The summed E-state index contributed by atoms with van der Waals surface area (Å²) in [6.45, 7) is 4.87. The van der Waals surface area contributed by atoms with Gasteiger partial charge in [0.1, 0.15) is 12.3 Å². The van der Waals surface area contributed by atoms with Crippen LogP contribution in [0.3, 0.4) is 0 Å². The first-order valence-electron chi connectivity index (χ1n) is 11.8. The third-order valence-corrected chi connectivity index (χ3v) is 6.38. The van der Waals surface area contributed by atoms with Gasteiger partial charge >= 0.3 is 6.03 Å². The van der Waals surface area contributed by atoms with Crippen molar-refractivity contribution in [2.24, 2.45) is 0 Å². The number of carbonyl (C=O) groups excluding carboxylic acids is 1. The van der Waals surface area contributed by atoms with E-state index in [1.54, 1.807) is 23.2 Å². The fourth-order valence-corrected chi connectivity index (χ4v) is 4.54. The summed E-state index contributed by atoms with van der Waals surface area (Å²) in [5.74, 6) is 0.263. The van der Waals surface area contributed by atoms with E-state index in [0.29, 0.717) is 29.2 Å². The zero-order valence-corrected chi connectivity index (χ0v) is 18.7. The molecule has 0 atom stereocenters. The molecule has 0 bridgehead atoms. The van der Waals surface area contributed by atoms with Gasteiger partial charge in [0.05, 0.1) is 17.2 Å². The third kappa shape index (κ3) is 4.95. The first-order chi connectivity index (χ1) is 16.2. The fourth-order valence-electron chi connectivity index (χ4n) is 4.54. The van der Waals surface area contributed by atoms with Crippen LogP contribution in [0.15, 0.2) is 24.4 Å². The average molecular weight is 456 g/mol. The number of fused-ring (bicyclic) bond motifs is 1. The highest BCUT2D eigenvalue weighted by molar-refractivity contribution is 5.83. The van der Waals surface area contributed by atoms with Crippen molar-refractivity contribution in [3.63, 3.8) is 0 Å². The molecule has 0 spiro atoms. The van der Waals surface area contributed by atoms with Gasteiger partial charge in [0.2, 0.25) is 0 Å². The summed E-state index contributed by atoms with van der Waals surface area (Å²) >= 11 is 0. The van der Waals surface area contributed by atoms with E-state index in [9.17, 15) is 9.18 Å². The standard InChI is InChI=1S/C23H30FN7O2/c24-17-15-18-19(16-21(17)33-14-13-29-9-3-1-4-10-29)27-22(26-18)20-7-8-25-31(20)28-23(32)30-11-5-2-6-12-30/h7-8,15-16H,1-6,9-14H2,(H,26,27)(H,28,32). The van der Waals surface area contributed by atoms with E-state index in [0.717, 1.165) is 52.0 Å². The Morgan fingerprint density at radius 2 is 1.85 bits per heavy atom. The van der Waals surface area contributed by atoms with Crippen molar-refractivity contribution in [1.29, 1.82) is 0 Å². The lowest BCUT2D eigenvalue weighted by molar-refractivity contribution is 0.180. The van der Waals surface area contributed by atoms with Gasteiger partial charge in [-0.05, 0) is 51.3 Å². The van der Waals surface area contributed by atoms with Gasteiger partial charge in [0.25, 0.3) is 0 Å². The van der Waals surface area contributed by atoms with Crippen LogP contribution in [-0.4, -0.2) is 75.0 Å². The summed E-state index contributed by atoms with van der Waals surface area (Å²) in [7, 11) is 0. The molecular formula is C23H30FN7O2. The lowest BCUT2D eigenvalue weighted by Crippen LogP contribution is -2.42. The van der Waals surface area contributed by atoms with Crippen LogP contribution in [0.5, 0.6) is 5.75 Å². The van der Waals surface area contributed by atoms with Gasteiger partial charge in [-0.25, -0.2) is 19.6 Å². The number of H-pyrrole nitrogens is 1. The minimum absolute atomic E-state index is 0.189. The summed E-state index contributed by atoms with van der Waals surface area (Å²) in [5.41, 5.74) is 4.55. The van der Waals surface area contributed by atoms with Crippen molar-refractivity contribution in [1.82, 2.24) is 29.7 Å². The molecule has 0 aliphatic carbocycles. The Kier molecular flexibility index (Phi) is 6.43. The predicted octanol–water partition coefficient (Wildman–Crippen LogP) is 3.58. The molecule has 2 aliphatic rings. The van der Waals surface area contributed by atoms with Crippen molar-refractivity contribution in [3.05, 3.63) is 30.2 Å². The van der Waals surface area contributed by atoms with Gasteiger partial charge in [-0.15, -0.1) is 0 Å². The van der Waals surface area contributed by atoms with Crippen molar-refractivity contribution in [3.8, 4) is 17.3 Å². The van der Waals surface area contributed by atoms with Crippen molar-refractivity contribution < 1.29 is 13.9 Å². The van der Waals surface area contributed by atoms with Gasteiger partial charge in [0.15, 0.2) is 17.4 Å². The zero-order valence-electron chi connectivity index (χ0n) is 18.7. The molecule has 10 heteroatoms. The highest BCUT2D eigenvalue weighted by Gasteiger charge is 2.19. The summed E-state index contributed by atoms with van der Waals surface area (Å²) in [6, 6.07) is 4.58. The SMILES string of the molecule is O=C(Nn1nccc1-c1nc2cc(OCCN3CCCCC3)c(F)cc2[nH]1)N1CCCCC1. The molecule has 2 amide bonds. The topological polar surface area (TPSA) is 91.3 Å². The molecule has 1 aromatic carbocycles. The quantitative estimate of drug-likeness (QED) is 0.593. The number of amides is 2. The largest absolute Gasteiger partial charge is 0.489 e. The summed E-state index contributed by atoms with van der Waals surface area (Å²) in [6.07, 6.45) is 8.47. The zero-order chi connectivity index (χ0) is 22.6. The van der Waals surface area contributed by atoms with Crippen molar-refractivity contribution in [2.45, 2.75) is 38.5 Å². The third-order valence-electron chi connectivity index (χ3n) is 6.38. The maximum Gasteiger partial charge on any atom is 0.337 e. The van der Waals surface area contributed by atoms with Crippen LogP contribution in [0.25, 0.3) is 22.6 Å². The number of aromatic nitrogens is 4. The van der Waals surface area contributed by atoms with Crippen molar-refractivity contribution in [2.75, 3.05) is 44.8 Å². The second kappa shape index (κ2) is 9.78. The summed E-state index contributed by atoms with van der Waals surface area (Å²) < 4.78 is 20.4. The van der Waals surface area contributed by atoms with E-state index in [1.807, 2.05) is 0 Å². The minimum Gasteiger partial charge on any atom is -0.489 e. The fraction of sp³-hybridized carbons (Fsp3) is 0.522. The molecule has 5 rings (SSSR count). The van der Waals surface area contributed by atoms with E-state index in [2.05, 4.69) is 25.4 Å². The molecule has 33 heavy (non-hydrogen) atoms. The van der Waals surface area contributed by atoms with Crippen LogP contribution in [0.2, 0.25) is 0 Å². The Labute approximate surface area is 191 Å². The number of urea groups is 1. The predicted molar refractivity (Wildman–Crippen MR) is 123 cm³/mol. The van der Waals surface area contributed by atoms with Crippen LogP contribution < -0.4 is 10.2 Å².